The molecule has 2 rings (SSSR count). The highest BCUT2D eigenvalue weighted by atomic mass is 16.5. The normalized spacial score (nSPS) is 17.2. The molecule has 0 bridgehead atoms. The number of allylic oxidation sites excluding steroid dienone is 1. The number of esters is 1. The van der Waals surface area contributed by atoms with Crippen LogP contribution in [0.25, 0.3) is 0 Å². The van der Waals surface area contributed by atoms with Crippen molar-refractivity contribution in [3.05, 3.63) is 41.1 Å². The van der Waals surface area contributed by atoms with Gasteiger partial charge >= 0.3 is 12.0 Å². The molecular formula is C19H25N3O4. The van der Waals surface area contributed by atoms with Gasteiger partial charge in [-0.15, -0.1) is 0 Å². The van der Waals surface area contributed by atoms with E-state index in [-0.39, 0.29) is 24.5 Å². The zero-order valence-corrected chi connectivity index (χ0v) is 15.8. The van der Waals surface area contributed by atoms with Crippen LogP contribution in [0.3, 0.4) is 0 Å². The number of carbonyl (C=O) groups excluding carboxylic acids is 3. The van der Waals surface area contributed by atoms with Crippen LogP contribution in [0.1, 0.15) is 39.3 Å². The van der Waals surface area contributed by atoms with E-state index < -0.39 is 12.0 Å². The van der Waals surface area contributed by atoms with E-state index in [2.05, 4.69) is 10.6 Å². The number of nitrogens with zero attached hydrogens (tertiary/aromatic N) is 1. The van der Waals surface area contributed by atoms with Gasteiger partial charge in [0, 0.05) is 24.4 Å². The van der Waals surface area contributed by atoms with Crippen LogP contribution in [0.2, 0.25) is 0 Å². The predicted octanol–water partition coefficient (Wildman–Crippen LogP) is 2.81. The van der Waals surface area contributed by atoms with Crippen molar-refractivity contribution < 1.29 is 19.1 Å². The molecule has 1 aliphatic heterocycles. The second-order valence-corrected chi connectivity index (χ2v) is 6.43. The Morgan fingerprint density at radius 2 is 2.04 bits per heavy atom. The van der Waals surface area contributed by atoms with Gasteiger partial charge in [-0.05, 0) is 31.5 Å². The van der Waals surface area contributed by atoms with E-state index in [1.165, 1.54) is 4.90 Å². The molecule has 0 spiro atoms. The topological polar surface area (TPSA) is 87.7 Å². The first-order valence-corrected chi connectivity index (χ1v) is 8.59. The van der Waals surface area contributed by atoms with Crippen molar-refractivity contribution in [3.8, 4) is 0 Å². The van der Waals surface area contributed by atoms with Crippen LogP contribution >= 0.6 is 0 Å². The molecule has 0 unspecified atom stereocenters. The van der Waals surface area contributed by atoms with E-state index in [1.54, 1.807) is 59.0 Å². The summed E-state index contributed by atoms with van der Waals surface area (Å²) >= 11 is 0. The van der Waals surface area contributed by atoms with Gasteiger partial charge in [-0.25, -0.2) is 9.59 Å². The molecule has 0 fully saturated rings. The number of hydrogen-bond donors (Lipinski definition) is 2. The zero-order valence-electron chi connectivity index (χ0n) is 15.8. The van der Waals surface area contributed by atoms with Gasteiger partial charge in [-0.2, -0.15) is 0 Å². The average molecular weight is 359 g/mol. The van der Waals surface area contributed by atoms with Crippen LogP contribution in [0.15, 0.2) is 35.5 Å². The first-order valence-electron chi connectivity index (χ1n) is 8.59. The molecule has 1 aromatic rings. The molecule has 0 aliphatic carbocycles. The highest BCUT2D eigenvalue weighted by Crippen LogP contribution is 2.31. The van der Waals surface area contributed by atoms with Crippen molar-refractivity contribution in [3.63, 3.8) is 0 Å². The molecule has 140 valence electrons. The maximum absolute atomic E-state index is 12.5. The minimum Gasteiger partial charge on any atom is -0.463 e. The van der Waals surface area contributed by atoms with Gasteiger partial charge < -0.3 is 20.3 Å². The Labute approximate surface area is 153 Å². The fourth-order valence-corrected chi connectivity index (χ4v) is 2.64. The Hall–Kier alpha value is -2.83. The van der Waals surface area contributed by atoms with Crippen molar-refractivity contribution in [1.29, 1.82) is 0 Å². The molecule has 2 N–H and O–H groups in total. The largest absolute Gasteiger partial charge is 0.463 e. The number of benzene rings is 1. The van der Waals surface area contributed by atoms with Crippen molar-refractivity contribution >= 4 is 23.6 Å². The summed E-state index contributed by atoms with van der Waals surface area (Å²) in [6.45, 7) is 7.30. The third-order valence-electron chi connectivity index (χ3n) is 4.26. The van der Waals surface area contributed by atoms with Crippen LogP contribution < -0.4 is 10.6 Å². The SMILES string of the molecule is CCOC(=O)C1=C(C)N(C)C(=O)N[C@@H]1c1cccc(NC(=O)C(C)C)c1. The van der Waals surface area contributed by atoms with Gasteiger partial charge in [0.25, 0.3) is 0 Å². The summed E-state index contributed by atoms with van der Waals surface area (Å²) in [7, 11) is 1.60. The number of amides is 3. The zero-order chi connectivity index (χ0) is 19.4. The van der Waals surface area contributed by atoms with E-state index in [0.29, 0.717) is 22.5 Å². The van der Waals surface area contributed by atoms with Gasteiger partial charge in [-0.3, -0.25) is 4.79 Å². The first kappa shape index (κ1) is 19.5. The number of anilines is 1. The lowest BCUT2D eigenvalue weighted by Gasteiger charge is -2.33. The summed E-state index contributed by atoms with van der Waals surface area (Å²) in [6.07, 6.45) is 0. The van der Waals surface area contributed by atoms with Crippen LogP contribution in [0.4, 0.5) is 10.5 Å². The van der Waals surface area contributed by atoms with Gasteiger partial charge in [0.15, 0.2) is 0 Å². The lowest BCUT2D eigenvalue weighted by molar-refractivity contribution is -0.139. The fraction of sp³-hybridized carbons (Fsp3) is 0.421. The molecular weight excluding hydrogens is 334 g/mol. The molecule has 7 heteroatoms. The third kappa shape index (κ3) is 4.04. The number of rotatable bonds is 5. The minimum absolute atomic E-state index is 0.105. The van der Waals surface area contributed by atoms with E-state index in [0.717, 1.165) is 0 Å². The van der Waals surface area contributed by atoms with Crippen LogP contribution in [0, 0.1) is 5.92 Å². The molecule has 1 aromatic carbocycles. The molecule has 0 aromatic heterocycles. The second-order valence-electron chi connectivity index (χ2n) is 6.43. The van der Waals surface area contributed by atoms with Crippen LogP contribution in [-0.2, 0) is 14.3 Å². The first-order chi connectivity index (χ1) is 12.3. The van der Waals surface area contributed by atoms with E-state index in [1.807, 2.05) is 0 Å². The number of hydrogen-bond acceptors (Lipinski definition) is 4. The molecule has 7 nitrogen and oxygen atoms in total. The molecule has 3 amide bonds. The van der Waals surface area contributed by atoms with Crippen LogP contribution in [-0.4, -0.2) is 36.5 Å². The molecule has 26 heavy (non-hydrogen) atoms. The molecule has 0 saturated heterocycles. The standard InChI is InChI=1S/C19H25N3O4/c1-6-26-18(24)15-12(4)22(5)19(25)21-16(15)13-8-7-9-14(10-13)20-17(23)11(2)3/h7-11,16H,6H2,1-5H3,(H,20,23)(H,21,25)/t16-/m1/s1. The number of nitrogens with one attached hydrogen (secondary N) is 2. The summed E-state index contributed by atoms with van der Waals surface area (Å²) in [4.78, 5) is 38.0. The van der Waals surface area contributed by atoms with Crippen LogP contribution in [0.5, 0.6) is 0 Å². The number of carbonyl (C=O) groups is 3. The maximum Gasteiger partial charge on any atom is 0.338 e. The number of ether oxygens (including phenoxy) is 1. The van der Waals surface area contributed by atoms with Crippen molar-refractivity contribution in [2.24, 2.45) is 5.92 Å². The lowest BCUT2D eigenvalue weighted by Crippen LogP contribution is -2.46. The minimum atomic E-state index is -0.645. The van der Waals surface area contributed by atoms with Crippen molar-refractivity contribution in [2.45, 2.75) is 33.7 Å². The fourth-order valence-electron chi connectivity index (χ4n) is 2.64. The summed E-state index contributed by atoms with van der Waals surface area (Å²) in [5, 5.41) is 5.65. The Bertz CT molecular complexity index is 755. The summed E-state index contributed by atoms with van der Waals surface area (Å²) in [5.74, 6) is -0.732. The smallest absolute Gasteiger partial charge is 0.338 e. The molecule has 1 aliphatic rings. The van der Waals surface area contributed by atoms with E-state index in [9.17, 15) is 14.4 Å². The van der Waals surface area contributed by atoms with Crippen molar-refractivity contribution in [1.82, 2.24) is 10.2 Å². The highest BCUT2D eigenvalue weighted by molar-refractivity contribution is 5.95. The summed E-state index contributed by atoms with van der Waals surface area (Å²) in [5.41, 5.74) is 2.21. The van der Waals surface area contributed by atoms with Gasteiger partial charge in [-0.1, -0.05) is 26.0 Å². The van der Waals surface area contributed by atoms with Gasteiger partial charge in [0.05, 0.1) is 18.2 Å². The Kier molecular flexibility index (Phi) is 6.02. The molecule has 0 radical (unpaired) electrons. The van der Waals surface area contributed by atoms with Crippen molar-refractivity contribution in [2.75, 3.05) is 19.0 Å². The average Bonchev–Trinajstić information content (AvgIpc) is 2.59. The quantitative estimate of drug-likeness (QED) is 0.792. The number of urea groups is 1. The molecule has 1 heterocycles. The Balaban J connectivity index is 2.42. The summed E-state index contributed by atoms with van der Waals surface area (Å²) < 4.78 is 5.17. The second kappa shape index (κ2) is 8.03. The maximum atomic E-state index is 12.5. The summed E-state index contributed by atoms with van der Waals surface area (Å²) in [6, 6.07) is 6.14. The molecule has 1 atom stereocenters. The van der Waals surface area contributed by atoms with E-state index in [4.69, 9.17) is 4.74 Å². The Morgan fingerprint density at radius 1 is 1.35 bits per heavy atom. The lowest BCUT2D eigenvalue weighted by atomic mass is 9.94. The third-order valence-corrected chi connectivity index (χ3v) is 4.26. The predicted molar refractivity (Wildman–Crippen MR) is 98.3 cm³/mol. The molecule has 0 saturated carbocycles. The van der Waals surface area contributed by atoms with E-state index >= 15 is 0 Å². The van der Waals surface area contributed by atoms with Gasteiger partial charge in [0.1, 0.15) is 0 Å². The Morgan fingerprint density at radius 3 is 2.65 bits per heavy atom. The van der Waals surface area contributed by atoms with Gasteiger partial charge in [0.2, 0.25) is 5.91 Å². The monoisotopic (exact) mass is 359 g/mol. The highest BCUT2D eigenvalue weighted by Gasteiger charge is 2.35.